The summed E-state index contributed by atoms with van der Waals surface area (Å²) >= 11 is 4.64. The quantitative estimate of drug-likeness (QED) is 0.229. The number of fused-ring (bicyclic) bond motifs is 2. The lowest BCUT2D eigenvalue weighted by Gasteiger charge is -2.42. The maximum atomic E-state index is 12.7. The molecular weight excluding hydrogens is 724 g/mol. The fourth-order valence-corrected chi connectivity index (χ4v) is 6.50. The third-order valence-corrected chi connectivity index (χ3v) is 8.97. The maximum Gasteiger partial charge on any atom is 0.249 e. The predicted molar refractivity (Wildman–Crippen MR) is 216 cm³/mol. The summed E-state index contributed by atoms with van der Waals surface area (Å²) in [5, 5.41) is 2.40. The van der Waals surface area contributed by atoms with Gasteiger partial charge in [-0.1, -0.05) is 13.8 Å². The Morgan fingerprint density at radius 1 is 0.764 bits per heavy atom. The van der Waals surface area contributed by atoms with Crippen LogP contribution in [0.3, 0.4) is 0 Å². The zero-order valence-corrected chi connectivity index (χ0v) is 33.7. The van der Waals surface area contributed by atoms with Gasteiger partial charge in [0, 0.05) is 63.5 Å². The number of likely N-dealkylation sites (N-methyl/N-ethyl adjacent to an activating group) is 2. The van der Waals surface area contributed by atoms with Gasteiger partial charge in [0.15, 0.2) is 23.3 Å². The first-order valence-corrected chi connectivity index (χ1v) is 18.3. The molecule has 6 rings (SSSR count). The normalized spacial score (nSPS) is 16.2. The van der Waals surface area contributed by atoms with Crippen LogP contribution in [0.2, 0.25) is 0 Å². The van der Waals surface area contributed by atoms with Crippen molar-refractivity contribution < 1.29 is 19.2 Å². The first-order valence-electron chi connectivity index (χ1n) is 18.0. The highest BCUT2D eigenvalue weighted by atomic mass is 35.5. The van der Waals surface area contributed by atoms with E-state index < -0.39 is 0 Å². The molecule has 0 spiro atoms. The smallest absolute Gasteiger partial charge is 0.249 e. The number of pyridine rings is 2. The lowest BCUT2D eigenvalue weighted by atomic mass is 10.1. The van der Waals surface area contributed by atoms with Gasteiger partial charge in [-0.05, 0) is 64.3 Å². The lowest BCUT2D eigenvalue weighted by molar-refractivity contribution is -0.120. The van der Waals surface area contributed by atoms with Crippen molar-refractivity contribution in [3.05, 3.63) is 49.3 Å². The fourth-order valence-electron chi connectivity index (χ4n) is 6.50. The Morgan fingerprint density at radius 2 is 1.18 bits per heavy atom. The van der Waals surface area contributed by atoms with Gasteiger partial charge in [0.05, 0.1) is 36.2 Å². The zero-order valence-electron chi connectivity index (χ0n) is 32.9. The molecule has 0 saturated heterocycles. The number of hydrogen-bond donors (Lipinski definition) is 2. The molecule has 292 valence electrons. The number of nitrogens with one attached hydrogen (secondary N) is 1. The molecule has 4 aromatic rings. The third-order valence-electron chi connectivity index (χ3n) is 8.97. The number of rotatable bonds is 7. The molecule has 0 radical (unpaired) electrons. The van der Waals surface area contributed by atoms with E-state index in [1.54, 1.807) is 73.2 Å². The van der Waals surface area contributed by atoms with E-state index in [0.29, 0.717) is 40.7 Å². The number of amides is 3. The number of nitrogens with two attached hydrogens (primary N) is 1. The van der Waals surface area contributed by atoms with Crippen LogP contribution in [-0.2, 0) is 19.2 Å². The molecule has 2 aliphatic rings. The van der Waals surface area contributed by atoms with E-state index in [1.165, 1.54) is 13.8 Å². The fraction of sp³-hybridized carbons (Fsp3) is 0.421. The Bertz CT molecular complexity index is 2040. The number of nitrogens with zero attached hydrogens (tertiary/aromatic N) is 10. The Hall–Kier alpha value is -5.77. The van der Waals surface area contributed by atoms with Crippen LogP contribution in [0.15, 0.2) is 49.3 Å². The molecule has 0 aromatic carbocycles. The molecule has 3 amide bonds. The first kappa shape index (κ1) is 42.0. The average Bonchev–Trinajstić information content (AvgIpc) is 3.13. The first-order chi connectivity index (χ1) is 26.0. The second-order valence-electron chi connectivity index (χ2n) is 13.5. The molecule has 0 unspecified atom stereocenters. The summed E-state index contributed by atoms with van der Waals surface area (Å²) in [5.74, 6) is 2.41. The van der Waals surface area contributed by atoms with Crippen LogP contribution in [0.5, 0.6) is 0 Å². The molecule has 2 atom stereocenters. The minimum Gasteiger partial charge on any atom is -0.397 e. The number of anilines is 6. The van der Waals surface area contributed by atoms with E-state index in [-0.39, 0.29) is 47.1 Å². The van der Waals surface area contributed by atoms with Crippen molar-refractivity contribution in [2.45, 2.75) is 92.4 Å². The molecule has 0 aliphatic carbocycles. The van der Waals surface area contributed by atoms with E-state index in [0.717, 1.165) is 29.3 Å². The van der Waals surface area contributed by atoms with Crippen molar-refractivity contribution in [2.24, 2.45) is 0 Å². The second kappa shape index (κ2) is 18.0. The molecule has 0 saturated carbocycles. The molecule has 6 heterocycles. The van der Waals surface area contributed by atoms with Gasteiger partial charge in [-0.15, -0.1) is 0 Å². The topological polar surface area (TPSA) is 197 Å². The largest absolute Gasteiger partial charge is 0.397 e. The second-order valence-corrected chi connectivity index (χ2v) is 14.0. The van der Waals surface area contributed by atoms with Crippen molar-refractivity contribution >= 4 is 69.0 Å². The minimum absolute atomic E-state index is 0.0397. The van der Waals surface area contributed by atoms with Crippen molar-refractivity contribution in [2.75, 3.05) is 44.7 Å². The van der Waals surface area contributed by atoms with Crippen molar-refractivity contribution in [1.29, 1.82) is 0 Å². The molecule has 17 heteroatoms. The van der Waals surface area contributed by atoms with Gasteiger partial charge in [-0.2, -0.15) is 0 Å². The van der Waals surface area contributed by atoms with Gasteiger partial charge < -0.3 is 30.7 Å². The Balaban J connectivity index is 0.000000224. The molecule has 2 aliphatic heterocycles. The lowest BCUT2D eigenvalue weighted by Crippen LogP contribution is -2.54. The van der Waals surface area contributed by atoms with Crippen LogP contribution in [-0.4, -0.2) is 91.1 Å². The summed E-state index contributed by atoms with van der Waals surface area (Å²) in [6.45, 7) is 15.0. The van der Waals surface area contributed by atoms with Crippen LogP contribution in [0, 0.1) is 0 Å². The number of aromatic nitrogens is 6. The van der Waals surface area contributed by atoms with Gasteiger partial charge in [0.1, 0.15) is 23.5 Å². The molecule has 55 heavy (non-hydrogen) atoms. The van der Waals surface area contributed by atoms with Gasteiger partial charge in [-0.25, -0.2) is 19.9 Å². The van der Waals surface area contributed by atoms with Crippen LogP contribution >= 0.6 is 11.6 Å². The number of nitrogen functional groups attached to an aromatic ring is 1. The Kier molecular flexibility index (Phi) is 13.8. The third kappa shape index (κ3) is 9.13. The predicted octanol–water partition coefficient (Wildman–Crippen LogP) is 5.33. The summed E-state index contributed by atoms with van der Waals surface area (Å²) < 4.78 is 0. The molecule has 16 nitrogen and oxygen atoms in total. The highest BCUT2D eigenvalue weighted by Gasteiger charge is 2.39. The average molecular weight is 773 g/mol. The molecule has 3 N–H and O–H groups in total. The minimum atomic E-state index is -0.361. The van der Waals surface area contributed by atoms with Crippen molar-refractivity contribution in [3.63, 3.8) is 0 Å². The van der Waals surface area contributed by atoms with Crippen LogP contribution in [0.25, 0.3) is 22.8 Å². The van der Waals surface area contributed by atoms with Gasteiger partial charge >= 0.3 is 0 Å². The molecule has 0 fully saturated rings. The van der Waals surface area contributed by atoms with Gasteiger partial charge in [0.25, 0.3) is 0 Å². The number of carbonyl (C=O) groups is 4. The number of hydrogen-bond acceptors (Lipinski definition) is 13. The van der Waals surface area contributed by atoms with E-state index in [1.807, 2.05) is 32.6 Å². The molecular formula is C38H49ClN12O4. The standard InChI is InChI=1S/C19H24N6O2.C17H22N6O.C2H3ClO/c1-6-15-19(27)24(5)16-10-21-17(23-18(16)25(15)11(2)3)13-7-8-20-9-14(13)22-12(4)26;1-5-13-17(24)22(4)14-9-20-15(11-6-7-19-8-12(11)18)21-16(14)23(13)10(2)3;1-2(3)4/h7-11,15H,6H2,1-5H3,(H,22,26);6-10,13H,5,18H2,1-4H3;1H3/t15-;13-;/m11./s1. The summed E-state index contributed by atoms with van der Waals surface area (Å²) in [4.78, 5) is 79.9. The van der Waals surface area contributed by atoms with Crippen molar-refractivity contribution in [1.82, 2.24) is 29.9 Å². The van der Waals surface area contributed by atoms with Crippen LogP contribution in [0.1, 0.15) is 68.2 Å². The highest BCUT2D eigenvalue weighted by Crippen LogP contribution is 2.39. The van der Waals surface area contributed by atoms with E-state index in [9.17, 15) is 19.2 Å². The number of halogens is 1. The summed E-state index contributed by atoms with van der Waals surface area (Å²) in [6.07, 6.45) is 11.2. The van der Waals surface area contributed by atoms with E-state index in [4.69, 9.17) is 15.7 Å². The summed E-state index contributed by atoms with van der Waals surface area (Å²) in [7, 11) is 3.52. The number of carbonyl (C=O) groups excluding carboxylic acids is 4. The molecule has 4 aromatic heterocycles. The van der Waals surface area contributed by atoms with Crippen LogP contribution in [0.4, 0.5) is 34.4 Å². The van der Waals surface area contributed by atoms with E-state index in [2.05, 4.69) is 55.6 Å². The van der Waals surface area contributed by atoms with Crippen LogP contribution < -0.4 is 30.7 Å². The molecule has 0 bridgehead atoms. The van der Waals surface area contributed by atoms with Crippen molar-refractivity contribution in [3.8, 4) is 22.8 Å². The Morgan fingerprint density at radius 3 is 1.58 bits per heavy atom. The SMILES string of the molecule is CC(=O)Cl.CC[C@@H]1C(=O)N(C)c2cnc(-c3ccncc3N)nc2N1C(C)C.CC[C@@H]1C(=O)N(C)c2cnc(-c3ccncc3NC(C)=O)nc2N1C(C)C. The Labute approximate surface area is 326 Å². The monoisotopic (exact) mass is 772 g/mol. The summed E-state index contributed by atoms with van der Waals surface area (Å²) in [5.41, 5.74) is 9.90. The van der Waals surface area contributed by atoms with Gasteiger partial charge in [-0.3, -0.25) is 29.1 Å². The zero-order chi connectivity index (χ0) is 40.7. The van der Waals surface area contributed by atoms with E-state index >= 15 is 0 Å². The van der Waals surface area contributed by atoms with Gasteiger partial charge in [0.2, 0.25) is 23.0 Å². The summed E-state index contributed by atoms with van der Waals surface area (Å²) in [6, 6.07) is 3.32. The highest BCUT2D eigenvalue weighted by molar-refractivity contribution is 6.62. The maximum absolute atomic E-state index is 12.7.